The third kappa shape index (κ3) is 10.4. The first-order chi connectivity index (χ1) is 13.7. The van der Waals surface area contributed by atoms with E-state index in [1.165, 1.54) is 18.4 Å². The highest BCUT2D eigenvalue weighted by Gasteiger charge is 2.21. The SMILES string of the molecule is CCCCOCCOCCNC(=NCC(C)N1CCc2sccc2C1)NCC.I. The maximum atomic E-state index is 5.61. The van der Waals surface area contributed by atoms with Crippen LogP contribution in [-0.4, -0.2) is 69.5 Å². The van der Waals surface area contributed by atoms with E-state index in [9.17, 15) is 0 Å². The van der Waals surface area contributed by atoms with E-state index in [-0.39, 0.29) is 24.0 Å². The summed E-state index contributed by atoms with van der Waals surface area (Å²) in [4.78, 5) is 8.86. The summed E-state index contributed by atoms with van der Waals surface area (Å²) in [7, 11) is 0. The number of rotatable bonds is 13. The molecule has 0 amide bonds. The maximum Gasteiger partial charge on any atom is 0.191 e. The van der Waals surface area contributed by atoms with Crippen LogP contribution in [0.5, 0.6) is 0 Å². The molecule has 1 aliphatic rings. The smallest absolute Gasteiger partial charge is 0.191 e. The molecule has 0 aromatic carbocycles. The van der Waals surface area contributed by atoms with Gasteiger partial charge in [0.05, 0.1) is 26.4 Å². The number of unbranched alkanes of at least 4 members (excludes halogenated alkanes) is 1. The van der Waals surface area contributed by atoms with Gasteiger partial charge in [0.2, 0.25) is 0 Å². The van der Waals surface area contributed by atoms with Gasteiger partial charge in [-0.05, 0) is 43.7 Å². The molecule has 0 fully saturated rings. The lowest BCUT2D eigenvalue weighted by atomic mass is 10.1. The molecule has 1 aliphatic heterocycles. The number of guanidine groups is 1. The molecule has 2 N–H and O–H groups in total. The molecule has 0 saturated heterocycles. The maximum absolute atomic E-state index is 5.61. The van der Waals surface area contributed by atoms with E-state index in [0.717, 1.165) is 51.7 Å². The molecule has 6 nitrogen and oxygen atoms in total. The van der Waals surface area contributed by atoms with Gasteiger partial charge in [0.1, 0.15) is 0 Å². The van der Waals surface area contributed by atoms with Crippen molar-refractivity contribution in [3.63, 3.8) is 0 Å². The van der Waals surface area contributed by atoms with E-state index in [2.05, 4.69) is 47.8 Å². The van der Waals surface area contributed by atoms with E-state index in [0.29, 0.717) is 25.9 Å². The van der Waals surface area contributed by atoms with Crippen molar-refractivity contribution in [2.45, 2.75) is 52.6 Å². The standard InChI is InChI=1S/C21H38N4O2S.HI/c1-4-6-11-26-13-14-27-12-9-23-21(22-5-2)24-16-18(3)25-10-7-20-19(17-25)8-15-28-20;/h8,15,18H,4-7,9-14,16-17H2,1-3H3,(H2,22,23,24);1H. The number of aliphatic imine (C=N–C) groups is 1. The molecule has 168 valence electrons. The number of hydrogen-bond donors (Lipinski definition) is 2. The molecule has 2 rings (SSSR count). The fraction of sp³-hybridized carbons (Fsp3) is 0.762. The number of hydrogen-bond acceptors (Lipinski definition) is 5. The molecule has 29 heavy (non-hydrogen) atoms. The molecule has 0 spiro atoms. The monoisotopic (exact) mass is 538 g/mol. The molecule has 1 atom stereocenters. The van der Waals surface area contributed by atoms with Gasteiger partial charge in [0, 0.05) is 43.7 Å². The molecule has 2 heterocycles. The van der Waals surface area contributed by atoms with Crippen molar-refractivity contribution in [3.8, 4) is 0 Å². The van der Waals surface area contributed by atoms with Crippen LogP contribution in [-0.2, 0) is 22.4 Å². The van der Waals surface area contributed by atoms with Crippen molar-refractivity contribution in [2.75, 3.05) is 52.6 Å². The summed E-state index contributed by atoms with van der Waals surface area (Å²) >= 11 is 1.89. The number of nitrogens with one attached hydrogen (secondary N) is 2. The van der Waals surface area contributed by atoms with E-state index in [4.69, 9.17) is 14.5 Å². The summed E-state index contributed by atoms with van der Waals surface area (Å²) in [5, 5.41) is 8.89. The molecule has 0 bridgehead atoms. The Hall–Kier alpha value is -0.420. The van der Waals surface area contributed by atoms with Crippen molar-refractivity contribution >= 4 is 41.3 Å². The van der Waals surface area contributed by atoms with Crippen molar-refractivity contribution in [3.05, 3.63) is 21.9 Å². The average Bonchev–Trinajstić information content (AvgIpc) is 3.18. The van der Waals surface area contributed by atoms with Gasteiger partial charge in [-0.2, -0.15) is 0 Å². The molecule has 0 aliphatic carbocycles. The zero-order chi connectivity index (χ0) is 20.0. The Bertz CT molecular complexity index is 571. The van der Waals surface area contributed by atoms with Gasteiger partial charge in [-0.25, -0.2) is 0 Å². The van der Waals surface area contributed by atoms with E-state index >= 15 is 0 Å². The minimum atomic E-state index is 0. The van der Waals surface area contributed by atoms with E-state index in [1.54, 1.807) is 4.88 Å². The van der Waals surface area contributed by atoms with Crippen LogP contribution in [0.15, 0.2) is 16.4 Å². The Labute approximate surface area is 197 Å². The first-order valence-corrected chi connectivity index (χ1v) is 11.6. The lowest BCUT2D eigenvalue weighted by Crippen LogP contribution is -2.42. The molecular formula is C21H39IN4O2S. The van der Waals surface area contributed by atoms with Crippen LogP contribution in [0.2, 0.25) is 0 Å². The Morgan fingerprint density at radius 1 is 1.21 bits per heavy atom. The summed E-state index contributed by atoms with van der Waals surface area (Å²) in [5.74, 6) is 0.866. The summed E-state index contributed by atoms with van der Waals surface area (Å²) in [6, 6.07) is 2.70. The highest BCUT2D eigenvalue weighted by molar-refractivity contribution is 14.0. The molecular weight excluding hydrogens is 499 g/mol. The number of ether oxygens (including phenoxy) is 2. The number of halogens is 1. The van der Waals surface area contributed by atoms with Crippen LogP contribution in [0.4, 0.5) is 0 Å². The lowest BCUT2D eigenvalue weighted by Gasteiger charge is -2.31. The summed E-state index contributed by atoms with van der Waals surface area (Å²) < 4.78 is 11.1. The van der Waals surface area contributed by atoms with Crippen molar-refractivity contribution in [1.82, 2.24) is 15.5 Å². The molecule has 1 unspecified atom stereocenters. The highest BCUT2D eigenvalue weighted by Crippen LogP contribution is 2.25. The number of thiophene rings is 1. The third-order valence-corrected chi connectivity index (χ3v) is 5.89. The van der Waals surface area contributed by atoms with Crippen LogP contribution in [0.3, 0.4) is 0 Å². The van der Waals surface area contributed by atoms with Crippen LogP contribution in [0.1, 0.15) is 44.1 Å². The Morgan fingerprint density at radius 3 is 2.76 bits per heavy atom. The van der Waals surface area contributed by atoms with Gasteiger partial charge in [0.25, 0.3) is 0 Å². The predicted octanol–water partition coefficient (Wildman–Crippen LogP) is 3.50. The van der Waals surface area contributed by atoms with Crippen molar-refractivity contribution < 1.29 is 9.47 Å². The van der Waals surface area contributed by atoms with Crippen LogP contribution < -0.4 is 10.6 Å². The zero-order valence-electron chi connectivity index (χ0n) is 18.2. The van der Waals surface area contributed by atoms with Gasteiger partial charge in [-0.15, -0.1) is 35.3 Å². The molecule has 8 heteroatoms. The van der Waals surface area contributed by atoms with Crippen molar-refractivity contribution in [2.24, 2.45) is 4.99 Å². The minimum Gasteiger partial charge on any atom is -0.379 e. The molecule has 1 aromatic heterocycles. The molecule has 0 saturated carbocycles. The predicted molar refractivity (Wildman–Crippen MR) is 134 cm³/mol. The Balaban J connectivity index is 0.00000420. The zero-order valence-corrected chi connectivity index (χ0v) is 21.4. The second-order valence-corrected chi connectivity index (χ2v) is 8.16. The van der Waals surface area contributed by atoms with Crippen LogP contribution in [0.25, 0.3) is 0 Å². The van der Waals surface area contributed by atoms with Gasteiger partial charge in [0.15, 0.2) is 5.96 Å². The van der Waals surface area contributed by atoms with Crippen LogP contribution >= 0.6 is 35.3 Å². The summed E-state index contributed by atoms with van der Waals surface area (Å²) in [5.41, 5.74) is 1.49. The third-order valence-electron chi connectivity index (χ3n) is 4.87. The fourth-order valence-electron chi connectivity index (χ4n) is 3.14. The topological polar surface area (TPSA) is 58.1 Å². The highest BCUT2D eigenvalue weighted by atomic mass is 127. The Kier molecular flexibility index (Phi) is 15.0. The second kappa shape index (κ2) is 16.3. The van der Waals surface area contributed by atoms with Crippen molar-refractivity contribution in [1.29, 1.82) is 0 Å². The quantitative estimate of drug-likeness (QED) is 0.174. The van der Waals surface area contributed by atoms with E-state index in [1.807, 2.05) is 11.3 Å². The van der Waals surface area contributed by atoms with Crippen LogP contribution in [0, 0.1) is 0 Å². The van der Waals surface area contributed by atoms with Gasteiger partial charge in [-0.3, -0.25) is 9.89 Å². The van der Waals surface area contributed by atoms with E-state index < -0.39 is 0 Å². The second-order valence-electron chi connectivity index (χ2n) is 7.16. The molecule has 0 radical (unpaired) electrons. The first-order valence-electron chi connectivity index (χ1n) is 10.7. The van der Waals surface area contributed by atoms with Gasteiger partial charge >= 0.3 is 0 Å². The van der Waals surface area contributed by atoms with Gasteiger partial charge < -0.3 is 20.1 Å². The minimum absolute atomic E-state index is 0. The molecule has 1 aromatic rings. The normalized spacial score (nSPS) is 15.5. The summed E-state index contributed by atoms with van der Waals surface area (Å²) in [6.45, 7) is 13.9. The largest absolute Gasteiger partial charge is 0.379 e. The fourth-order valence-corrected chi connectivity index (χ4v) is 4.03. The average molecular weight is 539 g/mol. The summed E-state index contributed by atoms with van der Waals surface area (Å²) in [6.07, 6.45) is 3.45. The first kappa shape index (κ1) is 26.6. The number of nitrogens with zero attached hydrogens (tertiary/aromatic N) is 2. The number of fused-ring (bicyclic) bond motifs is 1. The van der Waals surface area contributed by atoms with Gasteiger partial charge in [-0.1, -0.05) is 13.3 Å². The Morgan fingerprint density at radius 2 is 2.00 bits per heavy atom. The lowest BCUT2D eigenvalue weighted by molar-refractivity contribution is 0.0487.